The molecule has 4 rings (SSSR count). The molecule has 0 bridgehead atoms. The fraction of sp³-hybridized carbons (Fsp3) is 0.400. The number of carbonyl (C=O) groups excluding carboxylic acids is 2. The van der Waals surface area contributed by atoms with Crippen molar-refractivity contribution in [2.45, 2.75) is 57.1 Å². The van der Waals surface area contributed by atoms with E-state index in [2.05, 4.69) is 15.0 Å². The van der Waals surface area contributed by atoms with Crippen LogP contribution in [0.5, 0.6) is 5.88 Å². The van der Waals surface area contributed by atoms with E-state index in [4.69, 9.17) is 9.47 Å². The van der Waals surface area contributed by atoms with E-state index in [0.717, 1.165) is 6.07 Å². The van der Waals surface area contributed by atoms with Crippen LogP contribution >= 0.6 is 0 Å². The number of nitrogens with zero attached hydrogens (tertiary/aromatic N) is 4. The maximum absolute atomic E-state index is 15.1. The zero-order chi connectivity index (χ0) is 27.4. The first-order valence-corrected chi connectivity index (χ1v) is 13.6. The van der Waals surface area contributed by atoms with Gasteiger partial charge in [0.05, 0.1) is 22.1 Å². The van der Waals surface area contributed by atoms with Gasteiger partial charge in [0.2, 0.25) is 11.8 Å². The third kappa shape index (κ3) is 5.98. The van der Waals surface area contributed by atoms with Gasteiger partial charge in [0, 0.05) is 44.1 Å². The fourth-order valence-corrected chi connectivity index (χ4v) is 5.05. The number of carbonyl (C=O) groups is 2. The number of sulfonamides is 1. The third-order valence-electron chi connectivity index (χ3n) is 5.91. The van der Waals surface area contributed by atoms with Gasteiger partial charge in [0.1, 0.15) is 23.8 Å². The average Bonchev–Trinajstić information content (AvgIpc) is 2.88. The number of pyridine rings is 1. The van der Waals surface area contributed by atoms with Gasteiger partial charge in [-0.15, -0.1) is 0 Å². The summed E-state index contributed by atoms with van der Waals surface area (Å²) in [6.45, 7) is 6.06. The lowest BCUT2D eigenvalue weighted by atomic mass is 10.1. The van der Waals surface area contributed by atoms with E-state index in [1.807, 2.05) is 4.72 Å². The molecular weight excluding hydrogens is 517 g/mol. The highest BCUT2D eigenvalue weighted by Gasteiger charge is 2.27. The number of halogens is 1. The minimum Gasteiger partial charge on any atom is -0.474 e. The van der Waals surface area contributed by atoms with E-state index in [-0.39, 0.29) is 40.9 Å². The molecule has 13 heteroatoms. The number of rotatable bonds is 7. The Morgan fingerprint density at radius 2 is 1.89 bits per heavy atom. The van der Waals surface area contributed by atoms with Gasteiger partial charge in [0.15, 0.2) is 0 Å². The first-order valence-electron chi connectivity index (χ1n) is 12.2. The first-order chi connectivity index (χ1) is 18.1. The summed E-state index contributed by atoms with van der Waals surface area (Å²) in [6, 6.07) is 4.95. The van der Waals surface area contributed by atoms with Gasteiger partial charge < -0.3 is 14.4 Å². The molecule has 202 valence electrons. The molecule has 3 heterocycles. The standard InChI is InChI=1S/C25H28FN5O6S/c1-4-21(32)30-38(34,35)17-5-6-18(20(26)13-17)22-23-19(7-10-27-22)24(29-14-28-23)37-16-8-11-31(12-9-16)25(33)36-15(2)3/h5-7,10,13-16H,4,8-9,11-12H2,1-3H3,(H,30,32). The second-order valence-corrected chi connectivity index (χ2v) is 10.7. The Morgan fingerprint density at radius 3 is 2.55 bits per heavy atom. The summed E-state index contributed by atoms with van der Waals surface area (Å²) in [7, 11) is -4.21. The van der Waals surface area contributed by atoms with Gasteiger partial charge in [0.25, 0.3) is 10.0 Å². The summed E-state index contributed by atoms with van der Waals surface area (Å²) < 4.78 is 53.2. The number of ether oxygens (including phenoxy) is 2. The SMILES string of the molecule is CCC(=O)NS(=O)(=O)c1ccc(-c2nccc3c(OC4CCN(C(=O)OC(C)C)CC4)ncnc23)c(F)c1. The molecule has 0 atom stereocenters. The van der Waals surface area contributed by atoms with Crippen molar-refractivity contribution < 1.29 is 31.9 Å². The van der Waals surface area contributed by atoms with Crippen LogP contribution < -0.4 is 9.46 Å². The molecule has 3 aromatic rings. The highest BCUT2D eigenvalue weighted by Crippen LogP contribution is 2.32. The predicted molar refractivity (Wildman–Crippen MR) is 135 cm³/mol. The number of fused-ring (bicyclic) bond motifs is 1. The molecule has 2 aromatic heterocycles. The minimum absolute atomic E-state index is 0.0259. The van der Waals surface area contributed by atoms with E-state index in [0.29, 0.717) is 42.7 Å². The topological polar surface area (TPSA) is 141 Å². The molecule has 0 unspecified atom stereocenters. The molecule has 11 nitrogen and oxygen atoms in total. The highest BCUT2D eigenvalue weighted by molar-refractivity contribution is 7.90. The summed E-state index contributed by atoms with van der Waals surface area (Å²) in [5, 5.41) is 0.505. The molecule has 1 aliphatic heterocycles. The van der Waals surface area contributed by atoms with Gasteiger partial charge >= 0.3 is 6.09 Å². The quantitative estimate of drug-likeness (QED) is 0.473. The number of hydrogen-bond donors (Lipinski definition) is 1. The number of piperidine rings is 1. The largest absolute Gasteiger partial charge is 0.474 e. The van der Waals surface area contributed by atoms with E-state index in [9.17, 15) is 18.0 Å². The molecule has 0 aliphatic carbocycles. The molecule has 0 radical (unpaired) electrons. The average molecular weight is 546 g/mol. The zero-order valence-electron chi connectivity index (χ0n) is 21.2. The normalized spacial score (nSPS) is 14.5. The lowest BCUT2D eigenvalue weighted by Crippen LogP contribution is -2.42. The summed E-state index contributed by atoms with van der Waals surface area (Å²) in [5.74, 6) is -1.25. The van der Waals surface area contributed by atoms with Crippen molar-refractivity contribution in [2.75, 3.05) is 13.1 Å². The Balaban J connectivity index is 1.56. The Kier molecular flexibility index (Phi) is 8.05. The minimum atomic E-state index is -4.21. The van der Waals surface area contributed by atoms with Gasteiger partial charge in [-0.25, -0.2) is 32.3 Å². The Hall–Kier alpha value is -3.87. The number of hydrogen-bond acceptors (Lipinski definition) is 9. The Bertz CT molecular complexity index is 1460. The van der Waals surface area contributed by atoms with Crippen molar-refractivity contribution in [1.82, 2.24) is 24.6 Å². The van der Waals surface area contributed by atoms with Crippen LogP contribution in [0.1, 0.15) is 40.0 Å². The summed E-state index contributed by atoms with van der Waals surface area (Å²) in [4.78, 5) is 37.7. The molecule has 1 fully saturated rings. The summed E-state index contributed by atoms with van der Waals surface area (Å²) >= 11 is 0. The molecular formula is C25H28FN5O6S. The van der Waals surface area contributed by atoms with E-state index >= 15 is 4.39 Å². The highest BCUT2D eigenvalue weighted by atomic mass is 32.2. The second-order valence-electron chi connectivity index (χ2n) is 9.00. The van der Waals surface area contributed by atoms with Gasteiger partial charge in [-0.3, -0.25) is 9.78 Å². The van der Waals surface area contributed by atoms with Crippen LogP contribution in [-0.4, -0.2) is 65.6 Å². The predicted octanol–water partition coefficient (Wildman–Crippen LogP) is 3.43. The molecule has 0 spiro atoms. The number of aromatic nitrogens is 3. The van der Waals surface area contributed by atoms with Crippen molar-refractivity contribution in [3.8, 4) is 17.1 Å². The zero-order valence-corrected chi connectivity index (χ0v) is 22.0. The monoisotopic (exact) mass is 545 g/mol. The van der Waals surface area contributed by atoms with Crippen molar-refractivity contribution in [3.63, 3.8) is 0 Å². The lowest BCUT2D eigenvalue weighted by molar-refractivity contribution is -0.119. The fourth-order valence-electron chi connectivity index (χ4n) is 3.98. The Labute approximate surface area is 219 Å². The molecule has 1 aromatic carbocycles. The number of benzene rings is 1. The van der Waals surface area contributed by atoms with Crippen LogP contribution in [0, 0.1) is 5.82 Å². The van der Waals surface area contributed by atoms with Crippen molar-refractivity contribution in [3.05, 3.63) is 42.6 Å². The van der Waals surface area contributed by atoms with Gasteiger partial charge in [-0.05, 0) is 38.1 Å². The smallest absolute Gasteiger partial charge is 0.410 e. The first kappa shape index (κ1) is 27.2. The van der Waals surface area contributed by atoms with Crippen molar-refractivity contribution >= 4 is 32.9 Å². The number of likely N-dealkylation sites (tertiary alicyclic amines) is 1. The second kappa shape index (κ2) is 11.3. The van der Waals surface area contributed by atoms with Crippen LogP contribution in [0.2, 0.25) is 0 Å². The maximum atomic E-state index is 15.1. The lowest BCUT2D eigenvalue weighted by Gasteiger charge is -2.31. The number of amides is 2. The third-order valence-corrected chi connectivity index (χ3v) is 7.28. The van der Waals surface area contributed by atoms with Crippen LogP contribution in [0.15, 0.2) is 41.7 Å². The van der Waals surface area contributed by atoms with Crippen LogP contribution in [-0.2, 0) is 19.6 Å². The van der Waals surface area contributed by atoms with Gasteiger partial charge in [-0.1, -0.05) is 6.92 Å². The Morgan fingerprint density at radius 1 is 1.16 bits per heavy atom. The van der Waals surface area contributed by atoms with Crippen LogP contribution in [0.25, 0.3) is 22.2 Å². The number of nitrogens with one attached hydrogen (secondary N) is 1. The molecule has 1 saturated heterocycles. The van der Waals surface area contributed by atoms with Crippen molar-refractivity contribution in [1.29, 1.82) is 0 Å². The van der Waals surface area contributed by atoms with E-state index < -0.39 is 21.7 Å². The van der Waals surface area contributed by atoms with E-state index in [1.54, 1.807) is 24.8 Å². The van der Waals surface area contributed by atoms with Crippen LogP contribution in [0.3, 0.4) is 0 Å². The van der Waals surface area contributed by atoms with E-state index in [1.165, 1.54) is 31.6 Å². The molecule has 1 N–H and O–H groups in total. The molecule has 38 heavy (non-hydrogen) atoms. The molecule has 1 aliphatic rings. The summed E-state index contributed by atoms with van der Waals surface area (Å²) in [6.07, 6.45) is 3.12. The van der Waals surface area contributed by atoms with Crippen molar-refractivity contribution in [2.24, 2.45) is 0 Å². The summed E-state index contributed by atoms with van der Waals surface area (Å²) in [5.41, 5.74) is 0.530. The molecule has 0 saturated carbocycles. The maximum Gasteiger partial charge on any atom is 0.410 e. The van der Waals surface area contributed by atoms with Crippen LogP contribution in [0.4, 0.5) is 9.18 Å². The van der Waals surface area contributed by atoms with Gasteiger partial charge in [-0.2, -0.15) is 0 Å². The molecule has 2 amide bonds.